The zero-order chi connectivity index (χ0) is 17.5. The minimum Gasteiger partial charge on any atom is -0.393 e. The van der Waals surface area contributed by atoms with Gasteiger partial charge in [-0.05, 0) is 92.3 Å². The Bertz CT molecular complexity index is 436. The van der Waals surface area contributed by atoms with Crippen LogP contribution in [-0.4, -0.2) is 24.4 Å². The Balaban J connectivity index is 0.000000815. The van der Waals surface area contributed by atoms with Crippen molar-refractivity contribution in [3.63, 3.8) is 0 Å². The fourth-order valence-electron chi connectivity index (χ4n) is 7.49. The molecule has 0 saturated heterocycles. The predicted molar refractivity (Wildman–Crippen MR) is 99.9 cm³/mol. The largest absolute Gasteiger partial charge is 0.393 e. The van der Waals surface area contributed by atoms with Gasteiger partial charge >= 0.3 is 0 Å². The van der Waals surface area contributed by atoms with Crippen LogP contribution in [0.3, 0.4) is 0 Å². The first-order valence-electron chi connectivity index (χ1n) is 10.7. The predicted octanol–water partition coefficient (Wildman–Crippen LogP) is 5.43. The highest BCUT2D eigenvalue weighted by Crippen LogP contribution is 2.66. The molecule has 0 aromatic carbocycles. The molecule has 4 saturated carbocycles. The number of hydrogen-bond donors (Lipinski definition) is 1. The smallest absolute Gasteiger partial charge is 0.0607 e. The average molecular weight is 337 g/mol. The fourth-order valence-corrected chi connectivity index (χ4v) is 7.49. The quantitative estimate of drug-likeness (QED) is 0.691. The zero-order valence-electron chi connectivity index (χ0n) is 16.7. The molecule has 1 N–H and O–H groups in total. The molecule has 2 nitrogen and oxygen atoms in total. The van der Waals surface area contributed by atoms with Crippen LogP contribution in [-0.2, 0) is 4.74 Å². The van der Waals surface area contributed by atoms with E-state index in [1.54, 1.807) is 0 Å². The molecule has 0 amide bonds. The van der Waals surface area contributed by atoms with Crippen LogP contribution < -0.4 is 0 Å². The summed E-state index contributed by atoms with van der Waals surface area (Å²) in [5.74, 6) is 3.32. The molecule has 2 heteroatoms. The van der Waals surface area contributed by atoms with Crippen molar-refractivity contribution in [1.82, 2.24) is 0 Å². The van der Waals surface area contributed by atoms with Gasteiger partial charge in [0.1, 0.15) is 0 Å². The van der Waals surface area contributed by atoms with Crippen molar-refractivity contribution in [2.24, 2.45) is 34.5 Å². The summed E-state index contributed by atoms with van der Waals surface area (Å²) in [6.07, 6.45) is 12.0. The van der Waals surface area contributed by atoms with Gasteiger partial charge in [0, 0.05) is 7.11 Å². The van der Waals surface area contributed by atoms with E-state index in [4.69, 9.17) is 4.74 Å². The molecular weight excluding hydrogens is 296 g/mol. The van der Waals surface area contributed by atoms with Crippen LogP contribution in [0, 0.1) is 34.5 Å². The van der Waals surface area contributed by atoms with E-state index < -0.39 is 0 Å². The molecule has 8 atom stereocenters. The van der Waals surface area contributed by atoms with Gasteiger partial charge in [0.05, 0.1) is 12.2 Å². The third kappa shape index (κ3) is 2.76. The first-order chi connectivity index (χ1) is 11.5. The first kappa shape index (κ1) is 18.7. The molecule has 4 fully saturated rings. The van der Waals surface area contributed by atoms with Crippen LogP contribution >= 0.6 is 0 Å². The maximum absolute atomic E-state index is 10.1. The molecule has 0 spiro atoms. The van der Waals surface area contributed by atoms with Gasteiger partial charge in [0.2, 0.25) is 0 Å². The Morgan fingerprint density at radius 3 is 2.33 bits per heavy atom. The number of aliphatic hydroxyl groups is 1. The summed E-state index contributed by atoms with van der Waals surface area (Å²) in [7, 11) is 1.93. The van der Waals surface area contributed by atoms with Crippen LogP contribution in [0.15, 0.2) is 0 Å². The fraction of sp³-hybridized carbons (Fsp3) is 1.00. The highest BCUT2D eigenvalue weighted by atomic mass is 16.5. The lowest BCUT2D eigenvalue weighted by atomic mass is 9.45. The van der Waals surface area contributed by atoms with E-state index >= 15 is 0 Å². The second-order valence-electron chi connectivity index (χ2n) is 9.51. The van der Waals surface area contributed by atoms with Gasteiger partial charge < -0.3 is 9.84 Å². The molecule has 0 unspecified atom stereocenters. The van der Waals surface area contributed by atoms with E-state index in [9.17, 15) is 5.11 Å². The summed E-state index contributed by atoms with van der Waals surface area (Å²) in [5.41, 5.74) is 1.03. The van der Waals surface area contributed by atoms with Gasteiger partial charge in [-0.1, -0.05) is 27.7 Å². The van der Waals surface area contributed by atoms with E-state index in [-0.39, 0.29) is 6.10 Å². The molecule has 0 bridgehead atoms. The van der Waals surface area contributed by atoms with E-state index in [1.807, 2.05) is 21.0 Å². The molecule has 0 aliphatic heterocycles. The van der Waals surface area contributed by atoms with Crippen molar-refractivity contribution in [1.29, 1.82) is 0 Å². The topological polar surface area (TPSA) is 29.5 Å². The minimum absolute atomic E-state index is 0.0262. The van der Waals surface area contributed by atoms with Gasteiger partial charge in [-0.3, -0.25) is 0 Å². The monoisotopic (exact) mass is 336 g/mol. The Morgan fingerprint density at radius 2 is 1.62 bits per heavy atom. The number of methoxy groups -OCH3 is 1. The van der Waals surface area contributed by atoms with Crippen molar-refractivity contribution in [2.45, 2.75) is 97.7 Å². The Hall–Kier alpha value is -0.0800. The summed E-state index contributed by atoms with van der Waals surface area (Å²) in [4.78, 5) is 0. The number of fused-ring (bicyclic) bond motifs is 5. The van der Waals surface area contributed by atoms with Crippen molar-refractivity contribution in [3.05, 3.63) is 0 Å². The summed E-state index contributed by atoms with van der Waals surface area (Å²) >= 11 is 0. The van der Waals surface area contributed by atoms with E-state index in [1.165, 1.54) is 44.9 Å². The van der Waals surface area contributed by atoms with Gasteiger partial charge in [-0.25, -0.2) is 0 Å². The number of aliphatic hydroxyl groups excluding tert-OH is 1. The lowest BCUT2D eigenvalue weighted by Crippen LogP contribution is -2.54. The molecule has 4 aliphatic carbocycles. The van der Waals surface area contributed by atoms with Crippen molar-refractivity contribution >= 4 is 0 Å². The van der Waals surface area contributed by atoms with Crippen LogP contribution in [0.5, 0.6) is 0 Å². The van der Waals surface area contributed by atoms with Gasteiger partial charge in [0.15, 0.2) is 0 Å². The van der Waals surface area contributed by atoms with Crippen LogP contribution in [0.4, 0.5) is 0 Å². The number of hydrogen-bond acceptors (Lipinski definition) is 2. The third-order valence-electron chi connectivity index (χ3n) is 8.71. The molecule has 4 rings (SSSR count). The lowest BCUT2D eigenvalue weighted by Gasteiger charge is -2.60. The molecule has 4 aliphatic rings. The van der Waals surface area contributed by atoms with Crippen molar-refractivity contribution in [3.8, 4) is 0 Å². The van der Waals surface area contributed by atoms with Crippen LogP contribution in [0.2, 0.25) is 0 Å². The van der Waals surface area contributed by atoms with Crippen molar-refractivity contribution < 1.29 is 9.84 Å². The molecule has 0 heterocycles. The highest BCUT2D eigenvalue weighted by Gasteiger charge is 2.60. The number of ether oxygens (including phenoxy) is 1. The molecule has 0 aromatic rings. The first-order valence-corrected chi connectivity index (χ1v) is 10.7. The molecule has 0 radical (unpaired) electrons. The van der Waals surface area contributed by atoms with Crippen molar-refractivity contribution in [2.75, 3.05) is 7.11 Å². The van der Waals surface area contributed by atoms with Gasteiger partial charge in [-0.2, -0.15) is 0 Å². The summed E-state index contributed by atoms with van der Waals surface area (Å²) < 4.78 is 5.94. The molecular formula is C22H40O2. The summed E-state index contributed by atoms with van der Waals surface area (Å²) in [5, 5.41) is 10.1. The van der Waals surface area contributed by atoms with Gasteiger partial charge in [0.25, 0.3) is 0 Å². The third-order valence-corrected chi connectivity index (χ3v) is 8.71. The molecule has 0 aromatic heterocycles. The maximum atomic E-state index is 10.1. The number of rotatable bonds is 1. The lowest BCUT2D eigenvalue weighted by molar-refractivity contribution is -0.139. The van der Waals surface area contributed by atoms with E-state index in [0.29, 0.717) is 16.9 Å². The average Bonchev–Trinajstić information content (AvgIpc) is 2.94. The molecule has 24 heavy (non-hydrogen) atoms. The Morgan fingerprint density at radius 1 is 0.917 bits per heavy atom. The SMILES string of the molecule is CC.CO[C@H]1CC[C@]2(C)CC[C@@H]3[C@H](CC[C@@H]4C[C@@H](O)CC[C@]43C)[C@@H]12. The minimum atomic E-state index is -0.0262. The summed E-state index contributed by atoms with van der Waals surface area (Å²) in [6.45, 7) is 9.12. The Kier molecular flexibility index (Phi) is 5.39. The van der Waals surface area contributed by atoms with E-state index in [2.05, 4.69) is 13.8 Å². The Labute approximate surface area is 149 Å². The van der Waals surface area contributed by atoms with Crippen LogP contribution in [0.1, 0.15) is 85.5 Å². The normalized spacial score (nSPS) is 53.2. The molecule has 140 valence electrons. The maximum Gasteiger partial charge on any atom is 0.0607 e. The van der Waals surface area contributed by atoms with Gasteiger partial charge in [-0.15, -0.1) is 0 Å². The zero-order valence-corrected chi connectivity index (χ0v) is 16.7. The second kappa shape index (κ2) is 6.91. The van der Waals surface area contributed by atoms with E-state index in [0.717, 1.165) is 36.5 Å². The standard InChI is InChI=1S/C20H34O2.C2H6/c1-19-9-7-16-15(18(19)17(22-3)8-10-19)5-4-13-12-14(21)6-11-20(13,16)2;1-2/h13-18,21H,4-12H2,1-3H3;1-2H3/t13-,14+,15+,16-,17+,18+,19+,20-;/m1./s1. The highest BCUT2D eigenvalue weighted by molar-refractivity contribution is 5.09. The van der Waals surface area contributed by atoms with Crippen LogP contribution in [0.25, 0.3) is 0 Å². The summed E-state index contributed by atoms with van der Waals surface area (Å²) in [6, 6.07) is 0. The second-order valence-corrected chi connectivity index (χ2v) is 9.51.